The number of hydrogen-bond donors (Lipinski definition) is 2. The molecule has 6 nitrogen and oxygen atoms in total. The summed E-state index contributed by atoms with van der Waals surface area (Å²) in [5.41, 5.74) is 8.50. The highest BCUT2D eigenvalue weighted by Crippen LogP contribution is 2.37. The molecular formula is C24H24N4O2. The Morgan fingerprint density at radius 3 is 2.43 bits per heavy atom. The van der Waals surface area contributed by atoms with Crippen LogP contribution in [0.4, 0.5) is 17.1 Å². The third-order valence-corrected chi connectivity index (χ3v) is 5.26. The number of para-hydroxylation sites is 1. The third kappa shape index (κ3) is 3.77. The van der Waals surface area contributed by atoms with Crippen molar-refractivity contribution in [2.75, 3.05) is 23.5 Å². The SMILES string of the molecule is Cc1ccccc1N(C(=O)CNC(=O)c1ccccc1)c1cccc2c1CNN2C. The Balaban J connectivity index is 1.66. The second-order valence-electron chi connectivity index (χ2n) is 7.23. The first-order valence-corrected chi connectivity index (χ1v) is 9.87. The molecule has 3 aromatic rings. The van der Waals surface area contributed by atoms with E-state index in [9.17, 15) is 9.59 Å². The van der Waals surface area contributed by atoms with Gasteiger partial charge < -0.3 is 10.3 Å². The fourth-order valence-corrected chi connectivity index (χ4v) is 3.69. The molecule has 0 aliphatic carbocycles. The monoisotopic (exact) mass is 400 g/mol. The zero-order valence-corrected chi connectivity index (χ0v) is 17.1. The maximum absolute atomic E-state index is 13.4. The van der Waals surface area contributed by atoms with E-state index in [0.717, 1.165) is 28.2 Å². The molecule has 0 spiro atoms. The molecule has 0 saturated heterocycles. The van der Waals surface area contributed by atoms with E-state index in [1.165, 1.54) is 0 Å². The summed E-state index contributed by atoms with van der Waals surface area (Å²) >= 11 is 0. The molecule has 0 atom stereocenters. The Hall–Kier alpha value is -3.64. The molecule has 2 amide bonds. The van der Waals surface area contributed by atoms with Gasteiger partial charge in [-0.15, -0.1) is 0 Å². The Morgan fingerprint density at radius 2 is 1.67 bits per heavy atom. The van der Waals surface area contributed by atoms with Crippen LogP contribution in [0.25, 0.3) is 0 Å². The van der Waals surface area contributed by atoms with E-state index in [1.54, 1.807) is 29.2 Å². The van der Waals surface area contributed by atoms with Crippen LogP contribution in [0, 0.1) is 6.92 Å². The summed E-state index contributed by atoms with van der Waals surface area (Å²) in [6, 6.07) is 22.6. The molecule has 3 aromatic carbocycles. The van der Waals surface area contributed by atoms with Gasteiger partial charge in [0.15, 0.2) is 0 Å². The molecule has 1 heterocycles. The second kappa shape index (κ2) is 8.39. The van der Waals surface area contributed by atoms with Gasteiger partial charge in [-0.2, -0.15) is 0 Å². The maximum Gasteiger partial charge on any atom is 0.251 e. The summed E-state index contributed by atoms with van der Waals surface area (Å²) in [5.74, 6) is -0.468. The predicted octanol–water partition coefficient (Wildman–Crippen LogP) is 3.54. The fourth-order valence-electron chi connectivity index (χ4n) is 3.69. The van der Waals surface area contributed by atoms with Gasteiger partial charge in [-0.05, 0) is 42.8 Å². The van der Waals surface area contributed by atoms with Gasteiger partial charge in [-0.1, -0.05) is 42.5 Å². The average molecular weight is 400 g/mol. The lowest BCUT2D eigenvalue weighted by molar-refractivity contribution is -0.117. The number of carbonyl (C=O) groups excluding carboxylic acids is 2. The van der Waals surface area contributed by atoms with Gasteiger partial charge in [-0.3, -0.25) is 14.5 Å². The number of benzene rings is 3. The topological polar surface area (TPSA) is 64.7 Å². The second-order valence-corrected chi connectivity index (χ2v) is 7.23. The number of hydrazine groups is 1. The minimum atomic E-state index is -0.270. The standard InChI is InChI=1S/C24H24N4O2/c1-17-9-6-7-12-20(17)28(22-14-8-13-21-19(22)15-26-27(21)2)23(29)16-25-24(30)18-10-4-3-5-11-18/h3-14,26H,15-16H2,1-2H3,(H,25,30). The average Bonchev–Trinajstić information content (AvgIpc) is 3.16. The van der Waals surface area contributed by atoms with Crippen molar-refractivity contribution in [1.82, 2.24) is 10.7 Å². The molecule has 0 saturated carbocycles. The molecule has 4 rings (SSSR count). The summed E-state index contributed by atoms with van der Waals surface area (Å²) in [6.07, 6.45) is 0. The van der Waals surface area contributed by atoms with Crippen LogP contribution >= 0.6 is 0 Å². The Kier molecular flexibility index (Phi) is 5.50. The van der Waals surface area contributed by atoms with Crippen LogP contribution in [0.15, 0.2) is 72.8 Å². The number of anilines is 3. The van der Waals surface area contributed by atoms with Crippen molar-refractivity contribution in [2.24, 2.45) is 0 Å². The van der Waals surface area contributed by atoms with Crippen molar-refractivity contribution >= 4 is 28.9 Å². The number of rotatable bonds is 5. The van der Waals surface area contributed by atoms with Crippen molar-refractivity contribution < 1.29 is 9.59 Å². The van der Waals surface area contributed by atoms with E-state index in [2.05, 4.69) is 10.7 Å². The number of fused-ring (bicyclic) bond motifs is 1. The summed E-state index contributed by atoms with van der Waals surface area (Å²) in [6.45, 7) is 2.51. The van der Waals surface area contributed by atoms with Crippen LogP contribution in [-0.2, 0) is 11.3 Å². The summed E-state index contributed by atoms with van der Waals surface area (Å²) in [5, 5.41) is 4.71. The molecule has 30 heavy (non-hydrogen) atoms. The third-order valence-electron chi connectivity index (χ3n) is 5.26. The molecular weight excluding hydrogens is 376 g/mol. The van der Waals surface area contributed by atoms with Crippen LogP contribution in [-0.4, -0.2) is 25.4 Å². The Morgan fingerprint density at radius 1 is 0.967 bits per heavy atom. The molecule has 0 aromatic heterocycles. The summed E-state index contributed by atoms with van der Waals surface area (Å²) < 4.78 is 0. The molecule has 152 valence electrons. The Labute approximate surface area is 176 Å². The van der Waals surface area contributed by atoms with E-state index in [4.69, 9.17) is 0 Å². The molecule has 0 unspecified atom stereocenters. The van der Waals surface area contributed by atoms with Gasteiger partial charge in [0.2, 0.25) is 0 Å². The minimum Gasteiger partial charge on any atom is -0.343 e. The zero-order chi connectivity index (χ0) is 21.1. The largest absolute Gasteiger partial charge is 0.343 e. The Bertz CT molecular complexity index is 1080. The lowest BCUT2D eigenvalue weighted by atomic mass is 10.1. The lowest BCUT2D eigenvalue weighted by Crippen LogP contribution is -2.38. The number of amides is 2. The highest BCUT2D eigenvalue weighted by Gasteiger charge is 2.27. The number of hydrogen-bond acceptors (Lipinski definition) is 4. The maximum atomic E-state index is 13.4. The van der Waals surface area contributed by atoms with Gasteiger partial charge in [0.1, 0.15) is 0 Å². The quantitative estimate of drug-likeness (QED) is 0.688. The van der Waals surface area contributed by atoms with Crippen molar-refractivity contribution in [3.05, 3.63) is 89.5 Å². The number of carbonyl (C=O) groups is 2. The number of nitrogens with one attached hydrogen (secondary N) is 2. The van der Waals surface area contributed by atoms with Crippen LogP contribution in [0.2, 0.25) is 0 Å². The van der Waals surface area contributed by atoms with Gasteiger partial charge in [0.05, 0.1) is 23.6 Å². The van der Waals surface area contributed by atoms with Crippen molar-refractivity contribution in [3.63, 3.8) is 0 Å². The van der Waals surface area contributed by atoms with Crippen LogP contribution in [0.1, 0.15) is 21.5 Å². The van der Waals surface area contributed by atoms with Crippen molar-refractivity contribution in [3.8, 4) is 0 Å². The van der Waals surface area contributed by atoms with Crippen LogP contribution in [0.3, 0.4) is 0 Å². The van der Waals surface area contributed by atoms with E-state index in [-0.39, 0.29) is 18.4 Å². The van der Waals surface area contributed by atoms with Crippen molar-refractivity contribution in [1.29, 1.82) is 0 Å². The highest BCUT2D eigenvalue weighted by molar-refractivity contribution is 6.06. The van der Waals surface area contributed by atoms with E-state index >= 15 is 0 Å². The van der Waals surface area contributed by atoms with Gasteiger partial charge >= 0.3 is 0 Å². The van der Waals surface area contributed by atoms with Gasteiger partial charge in [-0.25, -0.2) is 5.43 Å². The molecule has 1 aliphatic rings. The first-order chi connectivity index (χ1) is 14.6. The smallest absolute Gasteiger partial charge is 0.251 e. The molecule has 0 fully saturated rings. The first kappa shape index (κ1) is 19.7. The molecule has 2 N–H and O–H groups in total. The lowest BCUT2D eigenvalue weighted by Gasteiger charge is -2.27. The first-order valence-electron chi connectivity index (χ1n) is 9.87. The van der Waals surface area contributed by atoms with Gasteiger partial charge in [0, 0.05) is 24.7 Å². The molecule has 0 radical (unpaired) electrons. The molecule has 0 bridgehead atoms. The minimum absolute atomic E-state index is 0.102. The fraction of sp³-hybridized carbons (Fsp3) is 0.167. The molecule has 1 aliphatic heterocycles. The normalized spacial score (nSPS) is 12.4. The zero-order valence-electron chi connectivity index (χ0n) is 17.1. The highest BCUT2D eigenvalue weighted by atomic mass is 16.2. The molecule has 6 heteroatoms. The van der Waals surface area contributed by atoms with Crippen LogP contribution < -0.4 is 20.7 Å². The van der Waals surface area contributed by atoms with E-state index in [0.29, 0.717) is 12.1 Å². The van der Waals surface area contributed by atoms with E-state index < -0.39 is 0 Å². The van der Waals surface area contributed by atoms with E-state index in [1.807, 2.05) is 67.5 Å². The summed E-state index contributed by atoms with van der Waals surface area (Å²) in [4.78, 5) is 27.5. The van der Waals surface area contributed by atoms with Crippen LogP contribution in [0.5, 0.6) is 0 Å². The number of aryl methyl sites for hydroxylation is 1. The summed E-state index contributed by atoms with van der Waals surface area (Å²) in [7, 11) is 1.95. The van der Waals surface area contributed by atoms with Crippen molar-refractivity contribution in [2.45, 2.75) is 13.5 Å². The number of nitrogens with zero attached hydrogens (tertiary/aromatic N) is 2. The predicted molar refractivity (Wildman–Crippen MR) is 119 cm³/mol. The van der Waals surface area contributed by atoms with Gasteiger partial charge in [0.25, 0.3) is 11.8 Å².